The van der Waals surface area contributed by atoms with E-state index in [-0.39, 0.29) is 5.92 Å². The van der Waals surface area contributed by atoms with Crippen molar-refractivity contribution < 1.29 is 10.0 Å². The van der Waals surface area contributed by atoms with Gasteiger partial charge in [0.1, 0.15) is 6.04 Å². The number of rotatable bonds is 3. The molecule has 0 aliphatic carbocycles. The average Bonchev–Trinajstić information content (AvgIpc) is 1.64. The second-order valence-corrected chi connectivity index (χ2v) is 2.25. The van der Waals surface area contributed by atoms with Crippen LogP contribution in [0.4, 0.5) is 0 Å². The molecule has 0 aromatic heterocycles. The lowest BCUT2D eigenvalue weighted by Gasteiger charge is -2.13. The molecule has 0 heterocycles. The van der Waals surface area contributed by atoms with E-state index in [9.17, 15) is 4.79 Å². The minimum Gasteiger partial charge on any atom is -0.368 e. The molecule has 0 rings (SSSR count). The second kappa shape index (κ2) is 3.42. The molecule has 54 valence electrons. The first-order valence-electron chi connectivity index (χ1n) is 2.78. The summed E-state index contributed by atoms with van der Waals surface area (Å²) in [5, 5.41) is 8.32. The number of hydrogen-bond acceptors (Lipinski definition) is 3. The molecule has 1 atom stereocenters. The summed E-state index contributed by atoms with van der Waals surface area (Å²) >= 11 is 0. The van der Waals surface area contributed by atoms with Gasteiger partial charge in [0.15, 0.2) is 0 Å². The van der Waals surface area contributed by atoms with E-state index in [1.807, 2.05) is 5.48 Å². The topological polar surface area (TPSA) is 75.3 Å². The van der Waals surface area contributed by atoms with Crippen LogP contribution in [0.1, 0.15) is 13.8 Å². The number of carbonyl (C=O) groups excluding carboxylic acids is 1. The van der Waals surface area contributed by atoms with E-state index < -0.39 is 11.9 Å². The molecule has 0 bridgehead atoms. The zero-order chi connectivity index (χ0) is 7.44. The summed E-state index contributed by atoms with van der Waals surface area (Å²) in [5.41, 5.74) is 6.71. The zero-order valence-corrected chi connectivity index (χ0v) is 5.59. The number of primary amides is 1. The molecule has 0 saturated heterocycles. The summed E-state index contributed by atoms with van der Waals surface area (Å²) in [7, 11) is 0. The maximum atomic E-state index is 10.4. The number of hydrogen-bond donors (Lipinski definition) is 3. The molecule has 0 radical (unpaired) electrons. The van der Waals surface area contributed by atoms with Crippen LogP contribution in [-0.2, 0) is 4.79 Å². The predicted molar refractivity (Wildman–Crippen MR) is 32.7 cm³/mol. The highest BCUT2D eigenvalue weighted by Gasteiger charge is 2.16. The van der Waals surface area contributed by atoms with Gasteiger partial charge < -0.3 is 10.9 Å². The van der Waals surface area contributed by atoms with Crippen molar-refractivity contribution in [2.45, 2.75) is 19.9 Å². The molecule has 0 spiro atoms. The lowest BCUT2D eigenvalue weighted by atomic mass is 10.1. The summed E-state index contributed by atoms with van der Waals surface area (Å²) in [6, 6.07) is -0.634. The van der Waals surface area contributed by atoms with Crippen molar-refractivity contribution in [3.05, 3.63) is 0 Å². The largest absolute Gasteiger partial charge is 0.368 e. The lowest BCUT2D eigenvalue weighted by molar-refractivity contribution is -0.123. The average molecular weight is 132 g/mol. The third-order valence-electron chi connectivity index (χ3n) is 1.11. The van der Waals surface area contributed by atoms with Crippen molar-refractivity contribution in [1.29, 1.82) is 0 Å². The standard InChI is InChI=1S/C5H12N2O2/c1-3(2)4(7-9)5(6)8/h3-4,7,9H,1-2H3,(H2,6,8)/t4-/m0/s1. The number of hydroxylamine groups is 1. The van der Waals surface area contributed by atoms with Crippen LogP contribution in [0.3, 0.4) is 0 Å². The van der Waals surface area contributed by atoms with Gasteiger partial charge in [-0.05, 0) is 5.92 Å². The Labute approximate surface area is 54.0 Å². The molecule has 0 aliphatic rings. The Balaban J connectivity index is 3.83. The summed E-state index contributed by atoms with van der Waals surface area (Å²) < 4.78 is 0. The number of amides is 1. The smallest absolute Gasteiger partial charge is 0.237 e. The fourth-order valence-corrected chi connectivity index (χ4v) is 0.541. The highest BCUT2D eigenvalue weighted by Crippen LogP contribution is 1.98. The molecular weight excluding hydrogens is 120 g/mol. The van der Waals surface area contributed by atoms with Crippen LogP contribution in [0.15, 0.2) is 0 Å². The number of carbonyl (C=O) groups is 1. The van der Waals surface area contributed by atoms with E-state index in [0.29, 0.717) is 0 Å². The van der Waals surface area contributed by atoms with Crippen LogP contribution in [0.2, 0.25) is 0 Å². The molecule has 4 nitrogen and oxygen atoms in total. The Kier molecular flexibility index (Phi) is 3.19. The molecule has 9 heavy (non-hydrogen) atoms. The first kappa shape index (κ1) is 8.39. The zero-order valence-electron chi connectivity index (χ0n) is 5.59. The highest BCUT2D eigenvalue weighted by molar-refractivity contribution is 5.79. The summed E-state index contributed by atoms with van der Waals surface area (Å²) in [6.45, 7) is 3.58. The highest BCUT2D eigenvalue weighted by atomic mass is 16.5. The maximum absolute atomic E-state index is 10.4. The molecule has 0 saturated carbocycles. The fourth-order valence-electron chi connectivity index (χ4n) is 0.541. The lowest BCUT2D eigenvalue weighted by Crippen LogP contribution is -2.43. The quantitative estimate of drug-likeness (QED) is 0.452. The van der Waals surface area contributed by atoms with Crippen molar-refractivity contribution in [1.82, 2.24) is 5.48 Å². The summed E-state index contributed by atoms with van der Waals surface area (Å²) in [6.07, 6.45) is 0. The molecule has 4 N–H and O–H groups in total. The van der Waals surface area contributed by atoms with E-state index >= 15 is 0 Å². The molecule has 0 unspecified atom stereocenters. The maximum Gasteiger partial charge on any atom is 0.237 e. The van der Waals surface area contributed by atoms with E-state index in [4.69, 9.17) is 10.9 Å². The molecule has 0 aromatic carbocycles. The van der Waals surface area contributed by atoms with Gasteiger partial charge in [-0.2, -0.15) is 5.48 Å². The van der Waals surface area contributed by atoms with Crippen LogP contribution in [0.5, 0.6) is 0 Å². The molecule has 0 fully saturated rings. The van der Waals surface area contributed by atoms with Crippen LogP contribution in [0.25, 0.3) is 0 Å². The van der Waals surface area contributed by atoms with Gasteiger partial charge in [-0.25, -0.2) is 0 Å². The molecular formula is C5H12N2O2. The Bertz CT molecular complexity index is 103. The Morgan fingerprint density at radius 3 is 2.11 bits per heavy atom. The third kappa shape index (κ3) is 2.43. The number of nitrogens with one attached hydrogen (secondary N) is 1. The van der Waals surface area contributed by atoms with E-state index in [1.165, 1.54) is 0 Å². The molecule has 0 aliphatic heterocycles. The SMILES string of the molecule is CC(C)[C@H](NO)C(N)=O. The number of nitrogens with two attached hydrogens (primary N) is 1. The van der Waals surface area contributed by atoms with Crippen molar-refractivity contribution in [2.24, 2.45) is 11.7 Å². The Morgan fingerprint density at radius 1 is 1.67 bits per heavy atom. The van der Waals surface area contributed by atoms with Crippen molar-refractivity contribution in [3.8, 4) is 0 Å². The van der Waals surface area contributed by atoms with Gasteiger partial charge in [-0.1, -0.05) is 13.8 Å². The van der Waals surface area contributed by atoms with Gasteiger partial charge >= 0.3 is 0 Å². The Morgan fingerprint density at radius 2 is 2.11 bits per heavy atom. The van der Waals surface area contributed by atoms with Gasteiger partial charge in [-0.3, -0.25) is 4.79 Å². The minimum absolute atomic E-state index is 0.0208. The van der Waals surface area contributed by atoms with Crippen molar-refractivity contribution >= 4 is 5.91 Å². The first-order valence-corrected chi connectivity index (χ1v) is 2.78. The predicted octanol–water partition coefficient (Wildman–Crippen LogP) is -0.525. The monoisotopic (exact) mass is 132 g/mol. The van der Waals surface area contributed by atoms with Crippen molar-refractivity contribution in [2.75, 3.05) is 0 Å². The summed E-state index contributed by atoms with van der Waals surface area (Å²) in [5.74, 6) is -0.514. The van der Waals surface area contributed by atoms with Gasteiger partial charge in [0.25, 0.3) is 0 Å². The fraction of sp³-hybridized carbons (Fsp3) is 0.800. The van der Waals surface area contributed by atoms with Gasteiger partial charge in [0.05, 0.1) is 0 Å². The summed E-state index contributed by atoms with van der Waals surface area (Å²) in [4.78, 5) is 10.4. The van der Waals surface area contributed by atoms with Gasteiger partial charge in [-0.15, -0.1) is 0 Å². The van der Waals surface area contributed by atoms with Crippen LogP contribution < -0.4 is 11.2 Å². The van der Waals surface area contributed by atoms with Crippen LogP contribution in [-0.4, -0.2) is 17.2 Å². The van der Waals surface area contributed by atoms with Gasteiger partial charge in [0.2, 0.25) is 5.91 Å². The van der Waals surface area contributed by atoms with Crippen molar-refractivity contribution in [3.63, 3.8) is 0 Å². The Hall–Kier alpha value is -0.610. The normalized spacial score (nSPS) is 13.8. The molecule has 0 aromatic rings. The van der Waals surface area contributed by atoms with Crippen LogP contribution >= 0.6 is 0 Å². The van der Waals surface area contributed by atoms with Gasteiger partial charge in [0, 0.05) is 0 Å². The van der Waals surface area contributed by atoms with E-state index in [0.717, 1.165) is 0 Å². The second-order valence-electron chi connectivity index (χ2n) is 2.25. The third-order valence-corrected chi connectivity index (χ3v) is 1.11. The van der Waals surface area contributed by atoms with Crippen LogP contribution in [0, 0.1) is 5.92 Å². The van der Waals surface area contributed by atoms with E-state index in [2.05, 4.69) is 0 Å². The molecule has 4 heteroatoms. The molecule has 1 amide bonds. The first-order chi connectivity index (χ1) is 4.09. The van der Waals surface area contributed by atoms with E-state index in [1.54, 1.807) is 13.8 Å². The minimum atomic E-state index is -0.634.